The van der Waals surface area contributed by atoms with Crippen molar-refractivity contribution in [1.29, 1.82) is 0 Å². The van der Waals surface area contributed by atoms with E-state index in [1.807, 2.05) is 74.1 Å². The molecule has 30 heavy (non-hydrogen) atoms. The van der Waals surface area contributed by atoms with Crippen molar-refractivity contribution in [2.24, 2.45) is 18.1 Å². The number of hydrogen-bond acceptors (Lipinski definition) is 4. The zero-order valence-corrected chi connectivity index (χ0v) is 18.1. The third-order valence-corrected chi connectivity index (χ3v) is 5.29. The van der Waals surface area contributed by atoms with Crippen molar-refractivity contribution in [2.45, 2.75) is 26.3 Å². The summed E-state index contributed by atoms with van der Waals surface area (Å²) in [5.74, 6) is -0.457. The molecule has 0 unspecified atom stereocenters. The summed E-state index contributed by atoms with van der Waals surface area (Å²) in [7, 11) is 3.55. The number of carbonyl (C=O) groups is 2. The molecule has 7 nitrogen and oxygen atoms in total. The lowest BCUT2D eigenvalue weighted by atomic mass is 10.0. The zero-order chi connectivity index (χ0) is 21.7. The number of carbonyl (C=O) groups excluding carboxylic acids is 2. The summed E-state index contributed by atoms with van der Waals surface area (Å²) < 4.78 is 7.13. The van der Waals surface area contributed by atoms with E-state index in [1.54, 1.807) is 17.0 Å². The highest BCUT2D eigenvalue weighted by molar-refractivity contribution is 6.02. The Balaban J connectivity index is 1.87. The number of ether oxygens (including phenoxy) is 1. The Morgan fingerprint density at radius 2 is 1.93 bits per heavy atom. The van der Waals surface area contributed by atoms with E-state index in [4.69, 9.17) is 9.84 Å². The lowest BCUT2D eigenvalue weighted by Gasteiger charge is -2.28. The molecule has 0 saturated carbocycles. The minimum absolute atomic E-state index is 0.0202. The van der Waals surface area contributed by atoms with Crippen LogP contribution in [0.5, 0.6) is 0 Å². The van der Waals surface area contributed by atoms with E-state index in [0.717, 1.165) is 17.0 Å². The number of aromatic nitrogens is 1. The predicted octanol–water partition coefficient (Wildman–Crippen LogP) is 2.83. The predicted molar refractivity (Wildman–Crippen MR) is 116 cm³/mol. The molecule has 1 atom stereocenters. The van der Waals surface area contributed by atoms with Crippen molar-refractivity contribution in [1.82, 2.24) is 14.5 Å². The number of nitrogens with zero attached hydrogens (tertiary/aromatic N) is 4. The number of benzene rings is 1. The smallest absolute Gasteiger partial charge is 0.262 e. The average molecular weight is 411 g/mol. The summed E-state index contributed by atoms with van der Waals surface area (Å²) in [4.78, 5) is 27.5. The summed E-state index contributed by atoms with van der Waals surface area (Å²) in [6, 6.07) is 13.7. The van der Waals surface area contributed by atoms with Crippen molar-refractivity contribution in [3.63, 3.8) is 0 Å². The van der Waals surface area contributed by atoms with Crippen LogP contribution in [0.1, 0.15) is 37.6 Å². The fourth-order valence-electron chi connectivity index (χ4n) is 3.66. The maximum atomic E-state index is 13.3. The van der Waals surface area contributed by atoms with Crippen LogP contribution in [0.15, 0.2) is 53.8 Å². The summed E-state index contributed by atoms with van der Waals surface area (Å²) in [6.07, 6.45) is 2.59. The van der Waals surface area contributed by atoms with Crippen LogP contribution >= 0.6 is 0 Å². The van der Waals surface area contributed by atoms with Crippen molar-refractivity contribution < 1.29 is 14.3 Å². The topological polar surface area (TPSA) is 67.1 Å². The highest BCUT2D eigenvalue weighted by Crippen LogP contribution is 2.32. The molecule has 3 rings (SSSR count). The van der Waals surface area contributed by atoms with Crippen molar-refractivity contribution >= 4 is 17.5 Å². The molecule has 2 aromatic rings. The van der Waals surface area contributed by atoms with Crippen LogP contribution in [0.25, 0.3) is 0 Å². The summed E-state index contributed by atoms with van der Waals surface area (Å²) >= 11 is 0. The molecule has 1 aromatic carbocycles. The molecule has 0 aliphatic carbocycles. The van der Waals surface area contributed by atoms with Gasteiger partial charge in [0.1, 0.15) is 6.54 Å². The first-order valence-corrected chi connectivity index (χ1v) is 10.3. The molecule has 0 N–H and O–H groups in total. The van der Waals surface area contributed by atoms with E-state index in [9.17, 15) is 9.59 Å². The molecule has 2 heterocycles. The molecule has 0 fully saturated rings. The fraction of sp³-hybridized carbons (Fsp3) is 0.435. The number of hydrazone groups is 1. The van der Waals surface area contributed by atoms with Gasteiger partial charge in [-0.05, 0) is 17.7 Å². The van der Waals surface area contributed by atoms with Crippen LogP contribution in [0.4, 0.5) is 0 Å². The van der Waals surface area contributed by atoms with Gasteiger partial charge in [-0.25, -0.2) is 5.01 Å². The number of hydrogen-bond donors (Lipinski definition) is 0. The van der Waals surface area contributed by atoms with Gasteiger partial charge >= 0.3 is 0 Å². The van der Waals surface area contributed by atoms with Crippen molar-refractivity contribution in [3.05, 3.63) is 59.9 Å². The number of amides is 2. The Hall–Kier alpha value is -2.93. The van der Waals surface area contributed by atoms with Gasteiger partial charge in [0.2, 0.25) is 5.91 Å². The van der Waals surface area contributed by atoms with E-state index in [2.05, 4.69) is 0 Å². The fourth-order valence-corrected chi connectivity index (χ4v) is 3.66. The van der Waals surface area contributed by atoms with Gasteiger partial charge in [0, 0.05) is 39.2 Å². The lowest BCUT2D eigenvalue weighted by molar-refractivity contribution is -0.143. The third kappa shape index (κ3) is 4.79. The molecule has 0 spiro atoms. The Kier molecular flexibility index (Phi) is 7.05. The largest absolute Gasteiger partial charge is 0.383 e. The van der Waals surface area contributed by atoms with Crippen LogP contribution in [0.3, 0.4) is 0 Å². The van der Waals surface area contributed by atoms with Gasteiger partial charge in [0.05, 0.1) is 24.1 Å². The van der Waals surface area contributed by atoms with E-state index in [-0.39, 0.29) is 30.3 Å². The van der Waals surface area contributed by atoms with Gasteiger partial charge in [0.15, 0.2) is 0 Å². The van der Waals surface area contributed by atoms with Gasteiger partial charge in [-0.3, -0.25) is 9.59 Å². The summed E-state index contributed by atoms with van der Waals surface area (Å²) in [5.41, 5.74) is 2.88. The molecule has 7 heteroatoms. The zero-order valence-electron chi connectivity index (χ0n) is 18.1. The normalized spacial score (nSPS) is 16.1. The minimum Gasteiger partial charge on any atom is -0.383 e. The van der Waals surface area contributed by atoms with Gasteiger partial charge < -0.3 is 14.2 Å². The van der Waals surface area contributed by atoms with Crippen LogP contribution < -0.4 is 0 Å². The lowest BCUT2D eigenvalue weighted by Crippen LogP contribution is -2.44. The number of rotatable bonds is 8. The second-order valence-electron chi connectivity index (χ2n) is 7.83. The highest BCUT2D eigenvalue weighted by atomic mass is 16.5. The molecule has 1 aromatic heterocycles. The molecule has 0 bridgehead atoms. The molecular weight excluding hydrogens is 380 g/mol. The SMILES string of the molecule is COCCN(CC(=O)N1N=C(c2cccn2C)C[C@@H]1c1ccccc1)C(=O)C(C)C. The molecular formula is C23H30N4O3. The van der Waals surface area contributed by atoms with Crippen molar-refractivity contribution in [3.8, 4) is 0 Å². The molecule has 1 aliphatic heterocycles. The summed E-state index contributed by atoms with van der Waals surface area (Å²) in [5, 5.41) is 6.24. The summed E-state index contributed by atoms with van der Waals surface area (Å²) in [6.45, 7) is 4.40. The first-order valence-electron chi connectivity index (χ1n) is 10.3. The molecule has 0 saturated heterocycles. The first kappa shape index (κ1) is 21.8. The van der Waals surface area contributed by atoms with Crippen LogP contribution in [-0.4, -0.2) is 58.8 Å². The van der Waals surface area contributed by atoms with Gasteiger partial charge in [-0.15, -0.1) is 0 Å². The van der Waals surface area contributed by atoms with E-state index < -0.39 is 0 Å². The van der Waals surface area contributed by atoms with Crippen LogP contribution in [-0.2, 0) is 21.4 Å². The maximum absolute atomic E-state index is 13.3. The van der Waals surface area contributed by atoms with Crippen molar-refractivity contribution in [2.75, 3.05) is 26.8 Å². The second kappa shape index (κ2) is 9.71. The Bertz CT molecular complexity index is 904. The maximum Gasteiger partial charge on any atom is 0.262 e. The quantitative estimate of drug-likeness (QED) is 0.672. The molecule has 160 valence electrons. The Labute approximate surface area is 177 Å². The van der Waals surface area contributed by atoms with Gasteiger partial charge in [-0.1, -0.05) is 44.2 Å². The van der Waals surface area contributed by atoms with Gasteiger partial charge in [-0.2, -0.15) is 5.10 Å². The second-order valence-corrected chi connectivity index (χ2v) is 7.83. The Morgan fingerprint density at radius 1 is 1.20 bits per heavy atom. The third-order valence-electron chi connectivity index (χ3n) is 5.29. The van der Waals surface area contributed by atoms with Gasteiger partial charge in [0.25, 0.3) is 5.91 Å². The molecule has 1 aliphatic rings. The standard InChI is InChI=1S/C23H30N4O3/c1-17(2)23(29)26(13-14-30-4)16-22(28)27-21(18-9-6-5-7-10-18)15-19(24-27)20-11-8-12-25(20)3/h5-12,17,21H,13-16H2,1-4H3/t21-/m1/s1. The molecule has 0 radical (unpaired) electrons. The average Bonchev–Trinajstić information content (AvgIpc) is 3.37. The van der Waals surface area contributed by atoms with E-state index in [1.165, 1.54) is 0 Å². The highest BCUT2D eigenvalue weighted by Gasteiger charge is 2.35. The monoisotopic (exact) mass is 410 g/mol. The number of methoxy groups -OCH3 is 1. The van der Waals surface area contributed by atoms with Crippen LogP contribution in [0, 0.1) is 5.92 Å². The van der Waals surface area contributed by atoms with E-state index >= 15 is 0 Å². The van der Waals surface area contributed by atoms with Crippen LogP contribution in [0.2, 0.25) is 0 Å². The molecule has 2 amide bonds. The Morgan fingerprint density at radius 3 is 2.53 bits per heavy atom. The first-order chi connectivity index (χ1) is 14.4. The minimum atomic E-state index is -0.196. The van der Waals surface area contributed by atoms with E-state index in [0.29, 0.717) is 19.6 Å². The number of aryl methyl sites for hydroxylation is 1.